The van der Waals surface area contributed by atoms with Crippen LogP contribution in [0.3, 0.4) is 0 Å². The number of benzene rings is 2. The van der Waals surface area contributed by atoms with Crippen molar-refractivity contribution in [3.05, 3.63) is 72.2 Å². The number of hydrogen-bond acceptors (Lipinski definition) is 2. The van der Waals surface area contributed by atoms with E-state index in [1.807, 2.05) is 30.5 Å². The number of para-hydroxylation sites is 1. The van der Waals surface area contributed by atoms with Gasteiger partial charge in [-0.2, -0.15) is 0 Å². The lowest BCUT2D eigenvalue weighted by atomic mass is 10.1. The zero-order valence-electron chi connectivity index (χ0n) is 10.9. The number of fused-ring (bicyclic) bond motifs is 3. The number of H-pyrrole nitrogens is 1. The van der Waals surface area contributed by atoms with Crippen LogP contribution in [-0.4, -0.2) is 15.0 Å². The third kappa shape index (κ3) is 1.84. The third-order valence-electron chi connectivity index (χ3n) is 3.49. The Hall–Kier alpha value is -2.68. The maximum absolute atomic E-state index is 4.74. The van der Waals surface area contributed by atoms with Gasteiger partial charge in [-0.05, 0) is 11.6 Å². The van der Waals surface area contributed by atoms with Crippen LogP contribution < -0.4 is 0 Å². The number of nitrogens with zero attached hydrogens (tertiary/aromatic N) is 2. The van der Waals surface area contributed by atoms with Crippen LogP contribution in [0.1, 0.15) is 11.4 Å². The van der Waals surface area contributed by atoms with Gasteiger partial charge in [0, 0.05) is 11.8 Å². The Morgan fingerprint density at radius 2 is 1.70 bits per heavy atom. The van der Waals surface area contributed by atoms with E-state index in [0.29, 0.717) is 0 Å². The van der Waals surface area contributed by atoms with Gasteiger partial charge in [-0.25, -0.2) is 4.98 Å². The summed E-state index contributed by atoms with van der Waals surface area (Å²) in [6.45, 7) is 0. The number of imidazole rings is 1. The van der Waals surface area contributed by atoms with Crippen LogP contribution in [0.15, 0.2) is 60.8 Å². The highest BCUT2D eigenvalue weighted by molar-refractivity contribution is 6.01. The number of rotatable bonds is 2. The molecule has 0 fully saturated rings. The molecule has 0 radical (unpaired) electrons. The molecule has 96 valence electrons. The summed E-state index contributed by atoms with van der Waals surface area (Å²) in [7, 11) is 0. The smallest absolute Gasteiger partial charge is 0.111 e. The van der Waals surface area contributed by atoms with Crippen LogP contribution in [0.4, 0.5) is 0 Å². The minimum absolute atomic E-state index is 0.809. The molecule has 2 aromatic heterocycles. The molecule has 0 spiro atoms. The Bertz CT molecular complexity index is 878. The van der Waals surface area contributed by atoms with Crippen molar-refractivity contribution < 1.29 is 0 Å². The summed E-state index contributed by atoms with van der Waals surface area (Å²) in [6.07, 6.45) is 2.67. The second-order valence-corrected chi connectivity index (χ2v) is 4.88. The van der Waals surface area contributed by atoms with Gasteiger partial charge in [0.15, 0.2) is 0 Å². The van der Waals surface area contributed by atoms with E-state index in [0.717, 1.165) is 34.2 Å². The molecule has 1 N–H and O–H groups in total. The zero-order chi connectivity index (χ0) is 13.4. The minimum atomic E-state index is 0.809. The fourth-order valence-corrected chi connectivity index (χ4v) is 2.53. The molecular formula is C17H13N3. The van der Waals surface area contributed by atoms with E-state index in [1.165, 1.54) is 5.56 Å². The van der Waals surface area contributed by atoms with Crippen LogP contribution in [0.5, 0.6) is 0 Å². The van der Waals surface area contributed by atoms with Crippen LogP contribution in [0, 0.1) is 0 Å². The molecular weight excluding hydrogens is 246 g/mol. The van der Waals surface area contributed by atoms with E-state index in [4.69, 9.17) is 4.98 Å². The number of pyridine rings is 1. The van der Waals surface area contributed by atoms with E-state index in [9.17, 15) is 0 Å². The first-order valence-electron chi connectivity index (χ1n) is 6.66. The predicted molar refractivity (Wildman–Crippen MR) is 80.6 cm³/mol. The monoisotopic (exact) mass is 259 g/mol. The average molecular weight is 259 g/mol. The standard InChI is InChI=1S/C17H13N3/c1-2-6-12(7-3-1)10-16-19-15-11-18-14-9-5-4-8-13(14)17(15)20-16/h1-9,11H,10H2,(H,19,20). The van der Waals surface area contributed by atoms with Gasteiger partial charge in [0.2, 0.25) is 0 Å². The van der Waals surface area contributed by atoms with Gasteiger partial charge in [0.25, 0.3) is 0 Å². The van der Waals surface area contributed by atoms with Crippen LogP contribution >= 0.6 is 0 Å². The van der Waals surface area contributed by atoms with Crippen LogP contribution in [-0.2, 0) is 6.42 Å². The Kier molecular flexibility index (Phi) is 2.49. The third-order valence-corrected chi connectivity index (χ3v) is 3.49. The number of aromatic amines is 1. The van der Waals surface area contributed by atoms with Crippen molar-refractivity contribution in [2.24, 2.45) is 0 Å². The molecule has 0 aliphatic heterocycles. The second kappa shape index (κ2) is 4.46. The van der Waals surface area contributed by atoms with E-state index in [1.54, 1.807) is 0 Å². The molecule has 4 rings (SSSR count). The lowest BCUT2D eigenvalue weighted by molar-refractivity contribution is 1.04. The largest absolute Gasteiger partial charge is 0.340 e. The van der Waals surface area contributed by atoms with Crippen molar-refractivity contribution in [2.45, 2.75) is 6.42 Å². The maximum atomic E-state index is 4.74. The van der Waals surface area contributed by atoms with Gasteiger partial charge >= 0.3 is 0 Å². The van der Waals surface area contributed by atoms with E-state index in [-0.39, 0.29) is 0 Å². The van der Waals surface area contributed by atoms with E-state index in [2.05, 4.69) is 40.3 Å². The van der Waals surface area contributed by atoms with Crippen molar-refractivity contribution >= 4 is 21.9 Å². The summed E-state index contributed by atoms with van der Waals surface area (Å²) in [5.41, 5.74) is 4.23. The molecule has 0 aliphatic carbocycles. The fourth-order valence-electron chi connectivity index (χ4n) is 2.53. The summed E-state index contributed by atoms with van der Waals surface area (Å²) in [5.74, 6) is 0.976. The fraction of sp³-hybridized carbons (Fsp3) is 0.0588. The molecule has 3 heteroatoms. The molecule has 20 heavy (non-hydrogen) atoms. The summed E-state index contributed by atoms with van der Waals surface area (Å²) < 4.78 is 0. The Labute approximate surface area is 116 Å². The molecule has 0 saturated heterocycles. The highest BCUT2D eigenvalue weighted by Gasteiger charge is 2.07. The molecule has 0 amide bonds. The van der Waals surface area contributed by atoms with Gasteiger partial charge in [-0.15, -0.1) is 0 Å². The first-order chi connectivity index (χ1) is 9.90. The van der Waals surface area contributed by atoms with Gasteiger partial charge in [0.05, 0.1) is 22.7 Å². The predicted octanol–water partition coefficient (Wildman–Crippen LogP) is 3.70. The molecule has 0 bridgehead atoms. The molecule has 0 saturated carbocycles. The van der Waals surface area contributed by atoms with Gasteiger partial charge < -0.3 is 4.98 Å². The van der Waals surface area contributed by atoms with Crippen molar-refractivity contribution in [2.75, 3.05) is 0 Å². The normalized spacial score (nSPS) is 11.2. The minimum Gasteiger partial charge on any atom is -0.340 e. The number of nitrogens with one attached hydrogen (secondary N) is 1. The van der Waals surface area contributed by atoms with Crippen molar-refractivity contribution in [1.82, 2.24) is 15.0 Å². The molecule has 2 heterocycles. The topological polar surface area (TPSA) is 41.6 Å². The molecule has 4 aromatic rings. The average Bonchev–Trinajstić information content (AvgIpc) is 2.91. The van der Waals surface area contributed by atoms with Gasteiger partial charge in [-0.3, -0.25) is 4.98 Å². The summed E-state index contributed by atoms with van der Waals surface area (Å²) in [4.78, 5) is 12.6. The maximum Gasteiger partial charge on any atom is 0.111 e. The molecule has 2 aromatic carbocycles. The van der Waals surface area contributed by atoms with Gasteiger partial charge in [0.1, 0.15) is 5.82 Å². The highest BCUT2D eigenvalue weighted by Crippen LogP contribution is 2.22. The van der Waals surface area contributed by atoms with Crippen molar-refractivity contribution in [3.8, 4) is 0 Å². The zero-order valence-corrected chi connectivity index (χ0v) is 10.9. The quantitative estimate of drug-likeness (QED) is 0.596. The van der Waals surface area contributed by atoms with Crippen LogP contribution in [0.25, 0.3) is 21.9 Å². The number of aromatic nitrogens is 3. The van der Waals surface area contributed by atoms with E-state index >= 15 is 0 Å². The summed E-state index contributed by atoms with van der Waals surface area (Å²) >= 11 is 0. The van der Waals surface area contributed by atoms with Crippen molar-refractivity contribution in [3.63, 3.8) is 0 Å². The lowest BCUT2D eigenvalue weighted by Gasteiger charge is -1.96. The SMILES string of the molecule is c1ccc(Cc2nc3c(cnc4ccccc43)[nH]2)cc1. The summed E-state index contributed by atoms with van der Waals surface area (Å²) in [6, 6.07) is 18.5. The molecule has 0 atom stereocenters. The first-order valence-corrected chi connectivity index (χ1v) is 6.66. The van der Waals surface area contributed by atoms with Crippen molar-refractivity contribution in [1.29, 1.82) is 0 Å². The van der Waals surface area contributed by atoms with E-state index < -0.39 is 0 Å². The number of hydrogen-bond donors (Lipinski definition) is 1. The molecule has 0 unspecified atom stereocenters. The van der Waals surface area contributed by atoms with Crippen LogP contribution in [0.2, 0.25) is 0 Å². The molecule has 0 aliphatic rings. The summed E-state index contributed by atoms with van der Waals surface area (Å²) in [5, 5.41) is 1.10. The molecule has 3 nitrogen and oxygen atoms in total. The highest BCUT2D eigenvalue weighted by atomic mass is 14.9. The Morgan fingerprint density at radius 3 is 2.60 bits per heavy atom. The second-order valence-electron chi connectivity index (χ2n) is 4.88. The Balaban J connectivity index is 1.84. The van der Waals surface area contributed by atoms with Gasteiger partial charge in [-0.1, -0.05) is 48.5 Å². The Morgan fingerprint density at radius 1 is 0.900 bits per heavy atom. The lowest BCUT2D eigenvalue weighted by Crippen LogP contribution is -1.89. The first kappa shape index (κ1) is 11.2.